The molecule has 47 heavy (non-hydrogen) atoms. The molecule has 0 radical (unpaired) electrons. The van der Waals surface area contributed by atoms with Gasteiger partial charge in [-0.3, -0.25) is 0 Å². The lowest BCUT2D eigenvalue weighted by Crippen LogP contribution is -2.34. The van der Waals surface area contributed by atoms with Gasteiger partial charge in [0.05, 0.1) is 13.2 Å². The van der Waals surface area contributed by atoms with Crippen molar-refractivity contribution >= 4 is 37.1 Å². The number of hydrogen-bond donors (Lipinski definition) is 0. The minimum atomic E-state index is -0.836. The topological polar surface area (TPSA) is 18.5 Å². The maximum absolute atomic E-state index is 6.10. The molecule has 2 aliphatic rings. The Balaban J connectivity index is 1.70. The van der Waals surface area contributed by atoms with Crippen molar-refractivity contribution in [3.8, 4) is 0 Å². The number of rotatable bonds is 12. The van der Waals surface area contributed by atoms with Crippen LogP contribution >= 0.6 is 15.8 Å². The Bertz CT molecular complexity index is 1650. The predicted octanol–water partition coefficient (Wildman–Crippen LogP) is 9.03. The van der Waals surface area contributed by atoms with E-state index in [2.05, 4.69) is 153 Å². The standard InChI is InChI=1S/C43H46O2P2/c1-5-33-28-35(31-45-4)41(40(29-33)46(36-18-10-6-11-19-36)37-20-12-7-13-21-37)42-34(30-44-3)27-26-32(2)43(42)47(38-22-14-8-15-23-38)39-24-16-9-17-25-39/h6-27,29,32,35,43H,5,28,30-31H2,1-4H3. The van der Waals surface area contributed by atoms with Gasteiger partial charge in [0, 0.05) is 25.8 Å². The smallest absolute Gasteiger partial charge is 0.0715 e. The summed E-state index contributed by atoms with van der Waals surface area (Å²) in [7, 11) is 2.11. The van der Waals surface area contributed by atoms with Gasteiger partial charge in [0.2, 0.25) is 0 Å². The van der Waals surface area contributed by atoms with E-state index in [0.717, 1.165) is 12.8 Å². The van der Waals surface area contributed by atoms with Crippen LogP contribution in [0.5, 0.6) is 0 Å². The maximum Gasteiger partial charge on any atom is 0.0715 e. The third-order valence-corrected chi connectivity index (χ3v) is 14.8. The molecule has 2 aliphatic carbocycles. The molecule has 0 amide bonds. The summed E-state index contributed by atoms with van der Waals surface area (Å²) in [5.41, 5.74) is 6.03. The molecule has 0 heterocycles. The van der Waals surface area contributed by atoms with E-state index >= 15 is 0 Å². The molecule has 4 aromatic rings. The molecule has 4 aromatic carbocycles. The summed E-state index contributed by atoms with van der Waals surface area (Å²) >= 11 is 0. The van der Waals surface area contributed by atoms with E-state index in [9.17, 15) is 0 Å². The number of hydrogen-bond acceptors (Lipinski definition) is 2. The fourth-order valence-electron chi connectivity index (χ4n) is 7.21. The summed E-state index contributed by atoms with van der Waals surface area (Å²) in [5, 5.41) is 7.05. The van der Waals surface area contributed by atoms with Crippen molar-refractivity contribution in [1.82, 2.24) is 0 Å². The molecule has 0 aliphatic heterocycles. The van der Waals surface area contributed by atoms with Crippen LogP contribution in [0.1, 0.15) is 26.7 Å². The zero-order valence-corrected chi connectivity index (χ0v) is 29.8. The van der Waals surface area contributed by atoms with E-state index < -0.39 is 15.8 Å². The highest BCUT2D eigenvalue weighted by Crippen LogP contribution is 2.58. The lowest BCUT2D eigenvalue weighted by atomic mass is 9.76. The Hall–Kier alpha value is -3.38. The van der Waals surface area contributed by atoms with Crippen LogP contribution in [0.4, 0.5) is 0 Å². The lowest BCUT2D eigenvalue weighted by molar-refractivity contribution is 0.165. The molecule has 0 fully saturated rings. The van der Waals surface area contributed by atoms with Crippen molar-refractivity contribution in [3.05, 3.63) is 167 Å². The van der Waals surface area contributed by atoms with Crippen LogP contribution in [0.3, 0.4) is 0 Å². The molecule has 6 rings (SSSR count). The second-order valence-corrected chi connectivity index (χ2v) is 16.9. The molecular weight excluding hydrogens is 610 g/mol. The molecular formula is C43H46O2P2. The van der Waals surface area contributed by atoms with Gasteiger partial charge in [-0.1, -0.05) is 159 Å². The van der Waals surface area contributed by atoms with Gasteiger partial charge in [-0.25, -0.2) is 0 Å². The molecule has 0 aromatic heterocycles. The number of benzene rings is 4. The van der Waals surface area contributed by atoms with Crippen LogP contribution in [-0.4, -0.2) is 33.1 Å². The minimum absolute atomic E-state index is 0.249. The summed E-state index contributed by atoms with van der Waals surface area (Å²) in [5.74, 6) is 0.587. The van der Waals surface area contributed by atoms with Gasteiger partial charge in [-0.2, -0.15) is 0 Å². The zero-order chi connectivity index (χ0) is 32.6. The van der Waals surface area contributed by atoms with Gasteiger partial charge in [-0.05, 0) is 77.9 Å². The van der Waals surface area contributed by atoms with Gasteiger partial charge in [0.15, 0.2) is 0 Å². The third-order valence-electron chi connectivity index (χ3n) is 9.30. The highest BCUT2D eigenvalue weighted by atomic mass is 31.1. The van der Waals surface area contributed by atoms with E-state index in [-0.39, 0.29) is 11.6 Å². The Morgan fingerprint density at radius 1 is 0.660 bits per heavy atom. The van der Waals surface area contributed by atoms with Gasteiger partial charge in [-0.15, -0.1) is 0 Å². The molecule has 0 saturated heterocycles. The Labute approximate surface area is 284 Å². The molecule has 3 unspecified atom stereocenters. The van der Waals surface area contributed by atoms with Crippen LogP contribution in [0, 0.1) is 11.8 Å². The molecule has 0 saturated carbocycles. The highest BCUT2D eigenvalue weighted by Gasteiger charge is 2.41. The fraction of sp³-hybridized carbons (Fsp3) is 0.256. The Kier molecular flexibility index (Phi) is 11.5. The molecule has 0 bridgehead atoms. The largest absolute Gasteiger partial charge is 0.384 e. The second-order valence-electron chi connectivity index (χ2n) is 12.4. The first-order valence-electron chi connectivity index (χ1n) is 16.8. The van der Waals surface area contributed by atoms with E-state index in [0.29, 0.717) is 19.1 Å². The first kappa shape index (κ1) is 33.5. The number of ether oxygens (including phenoxy) is 2. The van der Waals surface area contributed by atoms with Crippen LogP contribution < -0.4 is 21.2 Å². The molecule has 0 N–H and O–H groups in total. The first-order chi connectivity index (χ1) is 23.1. The van der Waals surface area contributed by atoms with Crippen molar-refractivity contribution in [2.24, 2.45) is 11.8 Å². The summed E-state index contributed by atoms with van der Waals surface area (Å²) in [4.78, 5) is 0. The van der Waals surface area contributed by atoms with Crippen LogP contribution in [0.25, 0.3) is 0 Å². The van der Waals surface area contributed by atoms with Crippen molar-refractivity contribution in [2.45, 2.75) is 32.3 Å². The van der Waals surface area contributed by atoms with Gasteiger partial charge in [0.25, 0.3) is 0 Å². The summed E-state index contributed by atoms with van der Waals surface area (Å²) in [6, 6.07) is 44.8. The van der Waals surface area contributed by atoms with Gasteiger partial charge >= 0.3 is 0 Å². The maximum atomic E-state index is 6.10. The van der Waals surface area contributed by atoms with E-state index in [4.69, 9.17) is 9.47 Å². The quantitative estimate of drug-likeness (QED) is 0.142. The van der Waals surface area contributed by atoms with E-state index in [1.54, 1.807) is 0 Å². The molecule has 4 heteroatoms. The Morgan fingerprint density at radius 3 is 1.64 bits per heavy atom. The zero-order valence-electron chi connectivity index (χ0n) is 28.1. The van der Waals surface area contributed by atoms with Crippen LogP contribution in [-0.2, 0) is 9.47 Å². The summed E-state index contributed by atoms with van der Waals surface area (Å²) in [6.07, 6.45) is 9.43. The van der Waals surface area contributed by atoms with Crippen molar-refractivity contribution < 1.29 is 9.47 Å². The second kappa shape index (κ2) is 16.1. The number of allylic oxidation sites excluding steroid dienone is 5. The predicted molar refractivity (Wildman–Crippen MR) is 205 cm³/mol. The van der Waals surface area contributed by atoms with Gasteiger partial charge < -0.3 is 9.47 Å². The SMILES string of the molecule is CCC1=CC(P(c2ccccc2)c2ccccc2)=C(C2=C(COC)C=CC(C)C2P(c2ccccc2)c2ccccc2)C(COC)C1. The van der Waals surface area contributed by atoms with Gasteiger partial charge in [0.1, 0.15) is 0 Å². The van der Waals surface area contributed by atoms with E-state index in [1.165, 1.54) is 48.8 Å². The molecule has 0 spiro atoms. The normalized spacial score (nSPS) is 19.9. The highest BCUT2D eigenvalue weighted by molar-refractivity contribution is 7.77. The average Bonchev–Trinajstić information content (AvgIpc) is 3.12. The Morgan fingerprint density at radius 2 is 1.17 bits per heavy atom. The van der Waals surface area contributed by atoms with Crippen molar-refractivity contribution in [2.75, 3.05) is 27.4 Å². The first-order valence-corrected chi connectivity index (χ1v) is 19.5. The van der Waals surface area contributed by atoms with Crippen LogP contribution in [0.2, 0.25) is 0 Å². The third kappa shape index (κ3) is 7.38. The monoisotopic (exact) mass is 656 g/mol. The summed E-state index contributed by atoms with van der Waals surface area (Å²) in [6.45, 7) is 5.99. The summed E-state index contributed by atoms with van der Waals surface area (Å²) < 4.78 is 12.1. The fourth-order valence-corrected chi connectivity index (χ4v) is 12.9. The lowest BCUT2D eigenvalue weighted by Gasteiger charge is -2.42. The molecule has 2 nitrogen and oxygen atoms in total. The minimum Gasteiger partial charge on any atom is -0.384 e. The average molecular weight is 657 g/mol. The number of methoxy groups -OCH3 is 2. The van der Waals surface area contributed by atoms with Crippen molar-refractivity contribution in [1.29, 1.82) is 0 Å². The van der Waals surface area contributed by atoms with Crippen LogP contribution in [0.15, 0.2) is 167 Å². The molecule has 3 atom stereocenters. The van der Waals surface area contributed by atoms with E-state index in [1.807, 2.05) is 14.2 Å². The molecule has 240 valence electrons. The van der Waals surface area contributed by atoms with Crippen molar-refractivity contribution in [3.63, 3.8) is 0 Å².